The van der Waals surface area contributed by atoms with Crippen LogP contribution < -0.4 is 0 Å². The average Bonchev–Trinajstić information content (AvgIpc) is 2.74. The van der Waals surface area contributed by atoms with Gasteiger partial charge in [0.25, 0.3) is 0 Å². The molecule has 152 valence electrons. The van der Waals surface area contributed by atoms with Crippen LogP contribution in [0.5, 0.6) is 5.75 Å². The third kappa shape index (κ3) is 4.04. The van der Waals surface area contributed by atoms with Crippen molar-refractivity contribution in [3.63, 3.8) is 0 Å². The zero-order chi connectivity index (χ0) is 20.5. The van der Waals surface area contributed by atoms with Crippen LogP contribution in [0, 0.1) is 0 Å². The topological polar surface area (TPSA) is 40.5 Å². The van der Waals surface area contributed by atoms with Crippen molar-refractivity contribution in [3.8, 4) is 5.75 Å². The van der Waals surface area contributed by atoms with Gasteiger partial charge in [-0.15, -0.1) is 0 Å². The van der Waals surface area contributed by atoms with E-state index in [2.05, 4.69) is 43.3 Å². The van der Waals surface area contributed by atoms with Gasteiger partial charge in [0.1, 0.15) is 5.75 Å². The van der Waals surface area contributed by atoms with Gasteiger partial charge in [-0.05, 0) is 73.4 Å². The second-order valence-electron chi connectivity index (χ2n) is 9.18. The normalized spacial score (nSPS) is 24.7. The van der Waals surface area contributed by atoms with Crippen LogP contribution in [0.1, 0.15) is 75.0 Å². The van der Waals surface area contributed by atoms with Gasteiger partial charge in [0.15, 0.2) is 0 Å². The summed E-state index contributed by atoms with van der Waals surface area (Å²) in [5, 5.41) is 20.1. The van der Waals surface area contributed by atoms with Crippen molar-refractivity contribution in [2.24, 2.45) is 0 Å². The van der Waals surface area contributed by atoms with Crippen LogP contribution in [0.2, 0.25) is 0 Å². The minimum absolute atomic E-state index is 0.278. The van der Waals surface area contributed by atoms with Gasteiger partial charge in [-0.25, -0.2) is 0 Å². The summed E-state index contributed by atoms with van der Waals surface area (Å²) < 4.78 is 0. The first kappa shape index (κ1) is 20.0. The summed E-state index contributed by atoms with van der Waals surface area (Å²) in [6.07, 6.45) is 13.4. The molecule has 2 atom stereocenters. The van der Waals surface area contributed by atoms with E-state index in [1.807, 2.05) is 25.1 Å². The van der Waals surface area contributed by atoms with E-state index >= 15 is 0 Å². The minimum atomic E-state index is -0.787. The van der Waals surface area contributed by atoms with Crippen LogP contribution in [0.15, 0.2) is 72.3 Å². The molecule has 2 unspecified atom stereocenters. The number of phenols is 1. The van der Waals surface area contributed by atoms with Gasteiger partial charge >= 0.3 is 0 Å². The molecule has 0 spiro atoms. The highest BCUT2D eigenvalue weighted by Crippen LogP contribution is 2.43. The number of hydrogen-bond acceptors (Lipinski definition) is 2. The van der Waals surface area contributed by atoms with E-state index in [-0.39, 0.29) is 11.2 Å². The van der Waals surface area contributed by atoms with E-state index in [4.69, 9.17) is 0 Å². The maximum Gasteiger partial charge on any atom is 0.115 e. The lowest BCUT2D eigenvalue weighted by Crippen LogP contribution is -2.30. The van der Waals surface area contributed by atoms with Gasteiger partial charge in [-0.3, -0.25) is 0 Å². The van der Waals surface area contributed by atoms with Crippen molar-refractivity contribution in [1.82, 2.24) is 0 Å². The Morgan fingerprint density at radius 1 is 0.897 bits per heavy atom. The van der Waals surface area contributed by atoms with Crippen molar-refractivity contribution < 1.29 is 10.2 Å². The van der Waals surface area contributed by atoms with Crippen molar-refractivity contribution >= 4 is 0 Å². The lowest BCUT2D eigenvalue weighted by molar-refractivity contribution is 0.113. The molecule has 0 heterocycles. The summed E-state index contributed by atoms with van der Waals surface area (Å²) in [7, 11) is 0. The molecule has 0 amide bonds. The van der Waals surface area contributed by atoms with Crippen LogP contribution in [0.4, 0.5) is 0 Å². The Labute approximate surface area is 174 Å². The zero-order valence-electron chi connectivity index (χ0n) is 17.6. The average molecular weight is 389 g/mol. The van der Waals surface area contributed by atoms with Crippen LogP contribution in [0.25, 0.3) is 0 Å². The van der Waals surface area contributed by atoms with Crippen LogP contribution in [-0.4, -0.2) is 15.8 Å². The summed E-state index contributed by atoms with van der Waals surface area (Å²) >= 11 is 0. The Kier molecular flexibility index (Phi) is 5.40. The number of allylic oxidation sites excluding steroid dienone is 2. The number of benzene rings is 2. The van der Waals surface area contributed by atoms with Gasteiger partial charge in [0.2, 0.25) is 0 Å². The highest BCUT2D eigenvalue weighted by molar-refractivity contribution is 5.53. The summed E-state index contributed by atoms with van der Waals surface area (Å²) in [4.78, 5) is 0. The van der Waals surface area contributed by atoms with Crippen molar-refractivity contribution in [1.29, 1.82) is 0 Å². The van der Waals surface area contributed by atoms with E-state index in [1.165, 1.54) is 48.8 Å². The van der Waals surface area contributed by atoms with Gasteiger partial charge in [0, 0.05) is 5.41 Å². The molecule has 0 aliphatic heterocycles. The number of aliphatic hydroxyl groups is 1. The first-order valence-corrected chi connectivity index (χ1v) is 10.9. The molecule has 2 nitrogen and oxygen atoms in total. The molecule has 2 aromatic rings. The summed E-state index contributed by atoms with van der Waals surface area (Å²) in [6.45, 7) is 4.08. The fraction of sp³-hybridized carbons (Fsp3) is 0.407. The molecular weight excluding hydrogens is 356 g/mol. The predicted octanol–water partition coefficient (Wildman–Crippen LogP) is 6.38. The summed E-state index contributed by atoms with van der Waals surface area (Å²) in [6, 6.07) is 16.7. The third-order valence-corrected chi connectivity index (χ3v) is 6.94. The molecule has 2 aromatic carbocycles. The molecular formula is C27H32O2. The first-order chi connectivity index (χ1) is 13.9. The van der Waals surface area contributed by atoms with Gasteiger partial charge in [-0.2, -0.15) is 0 Å². The largest absolute Gasteiger partial charge is 0.508 e. The molecule has 2 aliphatic rings. The Morgan fingerprint density at radius 2 is 1.48 bits per heavy atom. The molecule has 0 bridgehead atoms. The van der Waals surface area contributed by atoms with Gasteiger partial charge in [-0.1, -0.05) is 73.9 Å². The van der Waals surface area contributed by atoms with E-state index in [1.54, 1.807) is 12.1 Å². The van der Waals surface area contributed by atoms with Crippen molar-refractivity contribution in [3.05, 3.63) is 89.0 Å². The third-order valence-electron chi connectivity index (χ3n) is 6.94. The molecule has 4 rings (SSSR count). The zero-order valence-corrected chi connectivity index (χ0v) is 17.6. The number of aromatic hydroxyl groups is 1. The Balaban J connectivity index is 1.73. The highest BCUT2D eigenvalue weighted by atomic mass is 16.3. The van der Waals surface area contributed by atoms with E-state index < -0.39 is 5.60 Å². The quantitative estimate of drug-likeness (QED) is 0.638. The maximum absolute atomic E-state index is 10.4. The van der Waals surface area contributed by atoms with Crippen molar-refractivity contribution in [2.45, 2.75) is 69.3 Å². The van der Waals surface area contributed by atoms with Crippen LogP contribution in [-0.2, 0) is 5.41 Å². The fourth-order valence-electron chi connectivity index (χ4n) is 4.91. The lowest BCUT2D eigenvalue weighted by Gasteiger charge is -2.36. The van der Waals surface area contributed by atoms with Crippen molar-refractivity contribution in [2.75, 3.05) is 0 Å². The first-order valence-electron chi connectivity index (χ1n) is 10.9. The van der Waals surface area contributed by atoms with E-state index in [0.717, 1.165) is 5.56 Å². The Bertz CT molecular complexity index is 897. The molecule has 0 aromatic heterocycles. The smallest absolute Gasteiger partial charge is 0.115 e. The fourth-order valence-corrected chi connectivity index (χ4v) is 4.91. The van der Waals surface area contributed by atoms with E-state index in [0.29, 0.717) is 12.3 Å². The second-order valence-corrected chi connectivity index (χ2v) is 9.18. The summed E-state index contributed by atoms with van der Waals surface area (Å²) in [5.74, 6) is 0.974. The molecule has 1 fully saturated rings. The number of phenolic OH excluding ortho intramolecular Hbond substituents is 1. The van der Waals surface area contributed by atoms with Crippen LogP contribution in [0.3, 0.4) is 0 Å². The highest BCUT2D eigenvalue weighted by Gasteiger charge is 2.34. The molecule has 2 aliphatic carbocycles. The molecule has 1 saturated carbocycles. The molecule has 0 radical (unpaired) electrons. The lowest BCUT2D eigenvalue weighted by atomic mass is 9.68. The standard InChI is InChI=1S/C27H32O2/c1-26(29)18-16-24(17-19-26)27(2,23-12-14-25(28)15-13-23)22-10-8-21(9-11-22)20-6-4-3-5-7-20/h8-18,20,28-29H,3-7,19H2,1-2H3. The van der Waals surface area contributed by atoms with Gasteiger partial charge < -0.3 is 10.2 Å². The molecule has 2 N–H and O–H groups in total. The summed E-state index contributed by atoms with van der Waals surface area (Å²) in [5.41, 5.74) is 3.88. The molecule has 29 heavy (non-hydrogen) atoms. The number of hydrogen-bond donors (Lipinski definition) is 2. The molecule has 2 heteroatoms. The Hall–Kier alpha value is -2.32. The minimum Gasteiger partial charge on any atom is -0.508 e. The van der Waals surface area contributed by atoms with Gasteiger partial charge in [0.05, 0.1) is 5.60 Å². The van der Waals surface area contributed by atoms with E-state index in [9.17, 15) is 10.2 Å². The monoisotopic (exact) mass is 388 g/mol. The number of rotatable bonds is 4. The van der Waals surface area contributed by atoms with Crippen LogP contribution >= 0.6 is 0 Å². The molecule has 0 saturated heterocycles. The SMILES string of the molecule is CC1(O)C=CC(C(C)(c2ccc(O)cc2)c2ccc(C3CCCCC3)cc2)=CC1. The Morgan fingerprint density at radius 3 is 2.03 bits per heavy atom. The predicted molar refractivity (Wildman–Crippen MR) is 119 cm³/mol. The second kappa shape index (κ2) is 7.84. The maximum atomic E-state index is 10.4.